The zero-order valence-electron chi connectivity index (χ0n) is 13.9. The molecule has 1 fully saturated rings. The van der Waals surface area contributed by atoms with Gasteiger partial charge in [0.05, 0.1) is 23.7 Å². The van der Waals surface area contributed by atoms with Gasteiger partial charge in [-0.25, -0.2) is 8.42 Å². The summed E-state index contributed by atoms with van der Waals surface area (Å²) in [5.74, 6) is -0.246. The minimum atomic E-state index is -3.51. The van der Waals surface area contributed by atoms with Crippen molar-refractivity contribution in [3.8, 4) is 0 Å². The highest BCUT2D eigenvalue weighted by Gasteiger charge is 2.26. The van der Waals surface area contributed by atoms with Crippen LogP contribution in [0.5, 0.6) is 0 Å². The maximum Gasteiger partial charge on any atom is 0.253 e. The highest BCUT2D eigenvalue weighted by atomic mass is 79.9. The second-order valence-corrected chi connectivity index (χ2v) is 8.59. The average Bonchev–Trinajstić information content (AvgIpc) is 2.67. The van der Waals surface area contributed by atoms with E-state index in [4.69, 9.17) is 4.74 Å². The van der Waals surface area contributed by atoms with E-state index < -0.39 is 10.0 Å². The molecule has 9 heteroatoms. The number of nitrogens with one attached hydrogen (secondary N) is 1. The monoisotopic (exact) mass is 439 g/mol. The number of rotatable bonds is 5. The van der Waals surface area contributed by atoms with Gasteiger partial charge >= 0.3 is 0 Å². The topological polar surface area (TPSA) is 88.6 Å². The van der Waals surface area contributed by atoms with Crippen LogP contribution < -0.4 is 5.32 Å². The number of sulfonamides is 1. The zero-order valence-corrected chi connectivity index (χ0v) is 16.3. The Bertz CT molecular complexity index is 881. The Morgan fingerprint density at radius 1 is 1.19 bits per heavy atom. The van der Waals surface area contributed by atoms with Crippen molar-refractivity contribution in [2.45, 2.75) is 11.4 Å². The highest BCUT2D eigenvalue weighted by molar-refractivity contribution is 9.10. The van der Waals surface area contributed by atoms with E-state index in [1.165, 1.54) is 10.5 Å². The Labute approximate surface area is 160 Å². The number of pyridine rings is 1. The second-order valence-electron chi connectivity index (χ2n) is 5.73. The molecule has 7 nitrogen and oxygen atoms in total. The molecular weight excluding hydrogens is 422 g/mol. The van der Waals surface area contributed by atoms with E-state index in [-0.39, 0.29) is 10.8 Å². The minimum Gasteiger partial charge on any atom is -0.379 e. The fourth-order valence-corrected chi connectivity index (χ4v) is 4.31. The van der Waals surface area contributed by atoms with Crippen LogP contribution in [0.4, 0.5) is 0 Å². The van der Waals surface area contributed by atoms with Crippen LogP contribution in [0.25, 0.3) is 0 Å². The summed E-state index contributed by atoms with van der Waals surface area (Å²) in [6.45, 7) is 1.84. The van der Waals surface area contributed by atoms with Crippen LogP contribution in [0.2, 0.25) is 0 Å². The van der Waals surface area contributed by atoms with Crippen molar-refractivity contribution in [2.75, 3.05) is 26.3 Å². The molecule has 0 atom stereocenters. The van der Waals surface area contributed by atoms with E-state index in [9.17, 15) is 13.2 Å². The molecule has 1 saturated heterocycles. The predicted octanol–water partition coefficient (Wildman–Crippen LogP) is 1.79. The molecule has 1 aromatic carbocycles. The first-order valence-electron chi connectivity index (χ1n) is 8.02. The van der Waals surface area contributed by atoms with Crippen molar-refractivity contribution in [1.29, 1.82) is 0 Å². The van der Waals surface area contributed by atoms with Crippen LogP contribution in [-0.4, -0.2) is 49.9 Å². The van der Waals surface area contributed by atoms with E-state index >= 15 is 0 Å². The number of aromatic nitrogens is 1. The van der Waals surface area contributed by atoms with E-state index in [0.29, 0.717) is 38.4 Å². The average molecular weight is 440 g/mol. The predicted molar refractivity (Wildman–Crippen MR) is 99.1 cm³/mol. The fourth-order valence-electron chi connectivity index (χ4n) is 2.54. The zero-order chi connectivity index (χ0) is 18.6. The van der Waals surface area contributed by atoms with Crippen LogP contribution in [0.1, 0.15) is 15.9 Å². The van der Waals surface area contributed by atoms with E-state index in [0.717, 1.165) is 10.0 Å². The molecule has 0 spiro atoms. The van der Waals surface area contributed by atoms with Crippen molar-refractivity contribution >= 4 is 31.9 Å². The normalized spacial score (nSPS) is 15.6. The molecular formula is C17H18BrN3O4S. The lowest BCUT2D eigenvalue weighted by atomic mass is 10.2. The number of ether oxygens (including phenoxy) is 1. The van der Waals surface area contributed by atoms with Gasteiger partial charge in [-0.05, 0) is 39.7 Å². The molecule has 0 bridgehead atoms. The molecule has 2 aromatic rings. The summed E-state index contributed by atoms with van der Waals surface area (Å²) in [7, 11) is -3.51. The number of carbonyl (C=O) groups excluding carboxylic acids is 1. The van der Waals surface area contributed by atoms with Crippen molar-refractivity contribution in [3.63, 3.8) is 0 Å². The summed E-state index contributed by atoms with van der Waals surface area (Å²) in [6.07, 6.45) is 3.09. The van der Waals surface area contributed by atoms with Gasteiger partial charge < -0.3 is 10.1 Å². The first-order chi connectivity index (χ1) is 12.5. The molecule has 0 saturated carbocycles. The summed E-state index contributed by atoms with van der Waals surface area (Å²) < 4.78 is 32.5. The van der Waals surface area contributed by atoms with Gasteiger partial charge in [-0.2, -0.15) is 4.31 Å². The molecule has 1 aromatic heterocycles. The number of nitrogens with zero attached hydrogens (tertiary/aromatic N) is 2. The second kappa shape index (κ2) is 8.26. The van der Waals surface area contributed by atoms with Crippen LogP contribution in [0, 0.1) is 0 Å². The van der Waals surface area contributed by atoms with Crippen molar-refractivity contribution in [1.82, 2.24) is 14.6 Å². The van der Waals surface area contributed by atoms with Gasteiger partial charge in [0.2, 0.25) is 10.0 Å². The SMILES string of the molecule is O=C(NCc1ccc(S(=O)(=O)N2CCOCC2)cc1)c1cncc(Br)c1. The molecule has 1 aliphatic rings. The van der Waals surface area contributed by atoms with Crippen molar-refractivity contribution in [2.24, 2.45) is 0 Å². The Hall–Kier alpha value is -1.81. The summed E-state index contributed by atoms with van der Waals surface area (Å²) in [6, 6.07) is 8.21. The van der Waals surface area contributed by atoms with Gasteiger partial charge in [-0.15, -0.1) is 0 Å². The Kier molecular flexibility index (Phi) is 6.02. The number of benzene rings is 1. The third-order valence-corrected chi connectivity index (χ3v) is 6.30. The van der Waals surface area contributed by atoms with E-state index in [1.807, 2.05) is 0 Å². The number of morpholine rings is 1. The van der Waals surface area contributed by atoms with Gasteiger partial charge in [0, 0.05) is 36.5 Å². The maximum atomic E-state index is 12.6. The molecule has 0 aliphatic carbocycles. The number of halogens is 1. The molecule has 1 N–H and O–H groups in total. The summed E-state index contributed by atoms with van der Waals surface area (Å²) in [5.41, 5.74) is 1.26. The molecule has 0 unspecified atom stereocenters. The van der Waals surface area contributed by atoms with E-state index in [2.05, 4.69) is 26.2 Å². The third kappa shape index (κ3) is 4.47. The quantitative estimate of drug-likeness (QED) is 0.766. The Balaban J connectivity index is 1.63. The largest absolute Gasteiger partial charge is 0.379 e. The lowest BCUT2D eigenvalue weighted by Gasteiger charge is -2.26. The summed E-state index contributed by atoms with van der Waals surface area (Å²) >= 11 is 3.27. The number of carbonyl (C=O) groups is 1. The third-order valence-electron chi connectivity index (χ3n) is 3.95. The summed E-state index contributed by atoms with van der Waals surface area (Å²) in [4.78, 5) is 16.3. The minimum absolute atomic E-state index is 0.241. The molecule has 1 amide bonds. The van der Waals surface area contributed by atoms with Gasteiger partial charge in [-0.1, -0.05) is 12.1 Å². The molecule has 26 heavy (non-hydrogen) atoms. The highest BCUT2D eigenvalue weighted by Crippen LogP contribution is 2.18. The number of hydrogen-bond donors (Lipinski definition) is 1. The van der Waals surface area contributed by atoms with Gasteiger partial charge in [-0.3, -0.25) is 9.78 Å². The number of amides is 1. The Morgan fingerprint density at radius 3 is 2.54 bits per heavy atom. The summed E-state index contributed by atoms with van der Waals surface area (Å²) in [5, 5.41) is 2.79. The smallest absolute Gasteiger partial charge is 0.253 e. The molecule has 0 radical (unpaired) electrons. The van der Waals surface area contributed by atoms with Gasteiger partial charge in [0.1, 0.15) is 0 Å². The lowest BCUT2D eigenvalue weighted by molar-refractivity contribution is 0.0730. The molecule has 1 aliphatic heterocycles. The first kappa shape index (κ1) is 19.0. The van der Waals surface area contributed by atoms with E-state index in [1.54, 1.807) is 36.5 Å². The first-order valence-corrected chi connectivity index (χ1v) is 10.3. The standard InChI is InChI=1S/C17H18BrN3O4S/c18-15-9-14(11-19-12-15)17(22)20-10-13-1-3-16(4-2-13)26(23,24)21-5-7-25-8-6-21/h1-4,9,11-12H,5-8,10H2,(H,20,22). The van der Waals surface area contributed by atoms with Crippen molar-refractivity contribution < 1.29 is 17.9 Å². The van der Waals surface area contributed by atoms with Gasteiger partial charge in [0.15, 0.2) is 0 Å². The molecule has 138 valence electrons. The van der Waals surface area contributed by atoms with Crippen molar-refractivity contribution in [3.05, 3.63) is 58.3 Å². The molecule has 3 rings (SSSR count). The van der Waals surface area contributed by atoms with Crippen LogP contribution >= 0.6 is 15.9 Å². The maximum absolute atomic E-state index is 12.6. The fraction of sp³-hybridized carbons (Fsp3) is 0.294. The van der Waals surface area contributed by atoms with Crippen LogP contribution in [0.15, 0.2) is 52.1 Å². The Morgan fingerprint density at radius 2 is 1.88 bits per heavy atom. The molecule has 2 heterocycles. The lowest BCUT2D eigenvalue weighted by Crippen LogP contribution is -2.40. The van der Waals surface area contributed by atoms with Crippen LogP contribution in [-0.2, 0) is 21.3 Å². The van der Waals surface area contributed by atoms with Crippen LogP contribution in [0.3, 0.4) is 0 Å². The van der Waals surface area contributed by atoms with Gasteiger partial charge in [0.25, 0.3) is 5.91 Å². The number of hydrogen-bond acceptors (Lipinski definition) is 5.